The van der Waals surface area contributed by atoms with E-state index < -0.39 is 5.54 Å². The summed E-state index contributed by atoms with van der Waals surface area (Å²) in [6.07, 6.45) is 0. The van der Waals surface area contributed by atoms with Crippen molar-refractivity contribution < 1.29 is 14.3 Å². The molecule has 5 nitrogen and oxygen atoms in total. The summed E-state index contributed by atoms with van der Waals surface area (Å²) >= 11 is 0. The Morgan fingerprint density at radius 1 is 1.29 bits per heavy atom. The van der Waals surface area contributed by atoms with Gasteiger partial charge in [-0.25, -0.2) is 0 Å². The summed E-state index contributed by atoms with van der Waals surface area (Å²) in [5.41, 5.74) is 1.23. The van der Waals surface area contributed by atoms with Gasteiger partial charge in [-0.15, -0.1) is 0 Å². The van der Waals surface area contributed by atoms with Crippen molar-refractivity contribution in [1.29, 1.82) is 0 Å². The normalized spacial score (nSPS) is 11.0. The van der Waals surface area contributed by atoms with Crippen LogP contribution >= 0.6 is 0 Å². The molecule has 116 valence electrons. The highest BCUT2D eigenvalue weighted by molar-refractivity contribution is 5.95. The summed E-state index contributed by atoms with van der Waals surface area (Å²) in [6, 6.07) is 5.55. The first-order valence-electron chi connectivity index (χ1n) is 6.88. The van der Waals surface area contributed by atoms with Crippen LogP contribution in [-0.2, 0) is 9.59 Å². The first kappa shape index (κ1) is 17.0. The summed E-state index contributed by atoms with van der Waals surface area (Å²) < 4.78 is 5.23. The third-order valence-corrected chi connectivity index (χ3v) is 3.12. The maximum absolute atomic E-state index is 12.2. The maximum atomic E-state index is 12.2. The molecule has 0 aromatic heterocycles. The van der Waals surface area contributed by atoms with Crippen LogP contribution in [0.5, 0.6) is 5.75 Å². The van der Waals surface area contributed by atoms with Crippen molar-refractivity contribution in [3.63, 3.8) is 0 Å². The van der Waals surface area contributed by atoms with Gasteiger partial charge in [0.05, 0.1) is 12.8 Å². The number of methoxy groups -OCH3 is 1. The topological polar surface area (TPSA) is 58.6 Å². The number of aryl methyl sites for hydroxylation is 1. The fourth-order valence-electron chi connectivity index (χ4n) is 2.07. The third-order valence-electron chi connectivity index (χ3n) is 3.12. The summed E-state index contributed by atoms with van der Waals surface area (Å²) in [5.74, 6) is 0.219. The van der Waals surface area contributed by atoms with E-state index >= 15 is 0 Å². The molecule has 0 heterocycles. The van der Waals surface area contributed by atoms with Gasteiger partial charge in [0.2, 0.25) is 11.8 Å². The predicted molar refractivity (Wildman–Crippen MR) is 83.5 cm³/mol. The van der Waals surface area contributed by atoms with E-state index in [4.69, 9.17) is 4.74 Å². The molecule has 0 bridgehead atoms. The molecule has 0 spiro atoms. The number of hydrogen-bond acceptors (Lipinski definition) is 3. The van der Waals surface area contributed by atoms with Gasteiger partial charge in [-0.05, 0) is 45.4 Å². The fourth-order valence-corrected chi connectivity index (χ4v) is 2.07. The highest BCUT2D eigenvalue weighted by atomic mass is 16.5. The molecule has 0 fully saturated rings. The lowest BCUT2D eigenvalue weighted by molar-refractivity contribution is -0.137. The van der Waals surface area contributed by atoms with Crippen molar-refractivity contribution in [2.45, 2.75) is 40.2 Å². The monoisotopic (exact) mass is 292 g/mol. The average molecular weight is 292 g/mol. The standard InChI is InChI=1S/C16H24N2O3/c1-11-7-8-14(21-6)13(9-11)17-15(20)10-18(12(2)19)16(3,4)5/h7-9H,10H2,1-6H3,(H,17,20). The van der Waals surface area contributed by atoms with Crippen LogP contribution in [0.4, 0.5) is 5.69 Å². The van der Waals surface area contributed by atoms with Crippen LogP contribution in [0.2, 0.25) is 0 Å². The van der Waals surface area contributed by atoms with Gasteiger partial charge in [0, 0.05) is 12.5 Å². The summed E-state index contributed by atoms with van der Waals surface area (Å²) in [5, 5.41) is 2.80. The molecule has 1 rings (SSSR count). The van der Waals surface area contributed by atoms with Crippen LogP contribution in [0, 0.1) is 6.92 Å². The lowest BCUT2D eigenvalue weighted by Gasteiger charge is -2.34. The average Bonchev–Trinajstić information content (AvgIpc) is 2.34. The number of anilines is 1. The minimum atomic E-state index is -0.403. The Labute approximate surface area is 126 Å². The highest BCUT2D eigenvalue weighted by Gasteiger charge is 2.26. The number of nitrogens with one attached hydrogen (secondary N) is 1. The molecule has 1 aromatic rings. The van der Waals surface area contributed by atoms with Gasteiger partial charge in [-0.3, -0.25) is 9.59 Å². The molecule has 0 aliphatic carbocycles. The SMILES string of the molecule is COc1ccc(C)cc1NC(=O)CN(C(C)=O)C(C)(C)C. The van der Waals surface area contributed by atoms with Gasteiger partial charge in [0.15, 0.2) is 0 Å². The largest absolute Gasteiger partial charge is 0.495 e. The van der Waals surface area contributed by atoms with Crippen LogP contribution in [0.15, 0.2) is 18.2 Å². The fraction of sp³-hybridized carbons (Fsp3) is 0.500. The van der Waals surface area contributed by atoms with Crippen LogP contribution in [0.3, 0.4) is 0 Å². The van der Waals surface area contributed by atoms with E-state index in [0.29, 0.717) is 11.4 Å². The molecule has 5 heteroatoms. The number of benzene rings is 1. The van der Waals surface area contributed by atoms with E-state index in [9.17, 15) is 9.59 Å². The Balaban J connectivity index is 2.86. The number of nitrogens with zero attached hydrogens (tertiary/aromatic N) is 1. The van der Waals surface area contributed by atoms with Crippen LogP contribution < -0.4 is 10.1 Å². The minimum Gasteiger partial charge on any atom is -0.495 e. The van der Waals surface area contributed by atoms with Crippen molar-refractivity contribution in [3.05, 3.63) is 23.8 Å². The van der Waals surface area contributed by atoms with E-state index in [0.717, 1.165) is 5.56 Å². The van der Waals surface area contributed by atoms with Crippen molar-refractivity contribution in [2.75, 3.05) is 19.0 Å². The van der Waals surface area contributed by atoms with E-state index in [1.165, 1.54) is 11.8 Å². The smallest absolute Gasteiger partial charge is 0.244 e. The molecule has 0 aliphatic rings. The van der Waals surface area contributed by atoms with Crippen LogP contribution in [0.25, 0.3) is 0 Å². The van der Waals surface area contributed by atoms with E-state index in [1.807, 2.05) is 39.8 Å². The van der Waals surface area contributed by atoms with Gasteiger partial charge in [-0.1, -0.05) is 6.07 Å². The van der Waals surface area contributed by atoms with Crippen molar-refractivity contribution >= 4 is 17.5 Å². The number of rotatable bonds is 4. The molecular weight excluding hydrogens is 268 g/mol. The zero-order valence-electron chi connectivity index (χ0n) is 13.6. The molecule has 0 unspecified atom stereocenters. The van der Waals surface area contributed by atoms with Crippen molar-refractivity contribution in [2.24, 2.45) is 0 Å². The predicted octanol–water partition coefficient (Wildman–Crippen LogP) is 2.59. The van der Waals surface area contributed by atoms with E-state index in [1.54, 1.807) is 13.2 Å². The molecule has 0 atom stereocenters. The van der Waals surface area contributed by atoms with E-state index in [2.05, 4.69) is 5.32 Å². The Bertz CT molecular complexity index is 533. The first-order chi connectivity index (χ1) is 9.65. The molecule has 1 aromatic carbocycles. The summed E-state index contributed by atoms with van der Waals surface area (Å²) in [6.45, 7) is 9.10. The van der Waals surface area contributed by atoms with Crippen LogP contribution in [0.1, 0.15) is 33.3 Å². The lowest BCUT2D eigenvalue weighted by atomic mass is 10.1. The van der Waals surface area contributed by atoms with Gasteiger partial charge >= 0.3 is 0 Å². The molecular formula is C16H24N2O3. The number of carbonyl (C=O) groups excluding carboxylic acids is 2. The quantitative estimate of drug-likeness (QED) is 0.928. The number of amides is 2. The number of carbonyl (C=O) groups is 2. The molecule has 2 amide bonds. The summed E-state index contributed by atoms with van der Waals surface area (Å²) in [4.78, 5) is 25.4. The Kier molecular flexibility index (Phi) is 5.35. The molecule has 21 heavy (non-hydrogen) atoms. The second-order valence-electron chi connectivity index (χ2n) is 6.03. The van der Waals surface area contributed by atoms with Gasteiger partial charge in [0.25, 0.3) is 0 Å². The molecule has 1 N–H and O–H groups in total. The second kappa shape index (κ2) is 6.61. The Morgan fingerprint density at radius 3 is 2.38 bits per heavy atom. The number of ether oxygens (including phenoxy) is 1. The minimum absolute atomic E-state index is 0.00985. The molecule has 0 radical (unpaired) electrons. The zero-order chi connectivity index (χ0) is 16.2. The molecule has 0 saturated carbocycles. The maximum Gasteiger partial charge on any atom is 0.244 e. The van der Waals surface area contributed by atoms with Gasteiger partial charge in [0.1, 0.15) is 12.3 Å². The Morgan fingerprint density at radius 2 is 1.90 bits per heavy atom. The molecule has 0 aliphatic heterocycles. The first-order valence-corrected chi connectivity index (χ1v) is 6.88. The summed E-state index contributed by atoms with van der Waals surface area (Å²) in [7, 11) is 1.55. The van der Waals surface area contributed by atoms with Crippen molar-refractivity contribution in [3.8, 4) is 5.75 Å². The van der Waals surface area contributed by atoms with Crippen molar-refractivity contribution in [1.82, 2.24) is 4.90 Å². The van der Waals surface area contributed by atoms with Gasteiger partial charge in [-0.2, -0.15) is 0 Å². The Hall–Kier alpha value is -2.04. The third kappa shape index (κ3) is 4.77. The second-order valence-corrected chi connectivity index (χ2v) is 6.03. The van der Waals surface area contributed by atoms with Gasteiger partial charge < -0.3 is 15.0 Å². The zero-order valence-corrected chi connectivity index (χ0v) is 13.6. The lowest BCUT2D eigenvalue weighted by Crippen LogP contribution is -2.48. The van der Waals surface area contributed by atoms with E-state index in [-0.39, 0.29) is 18.4 Å². The van der Waals surface area contributed by atoms with Crippen LogP contribution in [-0.4, -0.2) is 35.9 Å². The highest BCUT2D eigenvalue weighted by Crippen LogP contribution is 2.25. The molecule has 0 saturated heterocycles. The number of hydrogen-bond donors (Lipinski definition) is 1.